The van der Waals surface area contributed by atoms with Gasteiger partial charge in [0, 0.05) is 18.6 Å². The van der Waals surface area contributed by atoms with Crippen molar-refractivity contribution in [2.24, 2.45) is 7.05 Å². The van der Waals surface area contributed by atoms with E-state index < -0.39 is 11.2 Å². The van der Waals surface area contributed by atoms with Gasteiger partial charge in [0.25, 0.3) is 5.56 Å². The van der Waals surface area contributed by atoms with Gasteiger partial charge in [0.1, 0.15) is 6.54 Å². The van der Waals surface area contributed by atoms with Gasteiger partial charge in [-0.25, -0.2) is 9.78 Å². The molecule has 0 aliphatic heterocycles. The van der Waals surface area contributed by atoms with E-state index in [2.05, 4.69) is 18.8 Å². The predicted octanol–water partition coefficient (Wildman–Crippen LogP) is 1.33. The molecule has 8 heteroatoms. The largest absolute Gasteiger partial charge is 0.329 e. The van der Waals surface area contributed by atoms with E-state index in [1.807, 2.05) is 28.8 Å². The van der Waals surface area contributed by atoms with Gasteiger partial charge in [-0.1, -0.05) is 37.6 Å². The molecule has 0 fully saturated rings. The van der Waals surface area contributed by atoms with E-state index in [0.717, 1.165) is 37.3 Å². The molecule has 2 N–H and O–H groups in total. The zero-order valence-corrected chi connectivity index (χ0v) is 17.3. The van der Waals surface area contributed by atoms with Gasteiger partial charge in [0.15, 0.2) is 17.0 Å². The maximum atomic E-state index is 12.6. The Kier molecular flexibility index (Phi) is 6.36. The summed E-state index contributed by atoms with van der Waals surface area (Å²) in [6.45, 7) is 7.61. The second kappa shape index (κ2) is 8.75. The predicted molar refractivity (Wildman–Crippen MR) is 111 cm³/mol. The molecule has 3 aromatic rings. The number of halogens is 1. The topological polar surface area (TPSA) is 77.1 Å². The van der Waals surface area contributed by atoms with Crippen molar-refractivity contribution in [3.8, 4) is 0 Å². The van der Waals surface area contributed by atoms with Crippen LogP contribution < -0.4 is 16.1 Å². The molecule has 1 aromatic carbocycles. The number of aromatic amines is 1. The molecule has 0 atom stereocenters. The Morgan fingerprint density at radius 1 is 1.11 bits per heavy atom. The number of aryl methyl sites for hydroxylation is 1. The van der Waals surface area contributed by atoms with Crippen molar-refractivity contribution in [1.82, 2.24) is 19.1 Å². The average Bonchev–Trinajstić information content (AvgIpc) is 3.01. The fourth-order valence-corrected chi connectivity index (χ4v) is 3.72. The van der Waals surface area contributed by atoms with Gasteiger partial charge in [-0.15, -0.1) is 0 Å². The molecular weight excluding hydrogens is 378 g/mol. The Hall–Kier alpha value is -2.38. The summed E-state index contributed by atoms with van der Waals surface area (Å²) < 4.78 is 3.33. The molecule has 2 aromatic heterocycles. The number of H-pyrrole nitrogens is 1. The Morgan fingerprint density at radius 3 is 2.36 bits per heavy atom. The molecule has 0 amide bonds. The van der Waals surface area contributed by atoms with Crippen LogP contribution in [0.2, 0.25) is 5.02 Å². The first-order chi connectivity index (χ1) is 13.4. The lowest BCUT2D eigenvalue weighted by atomic mass is 10.2. The molecule has 0 spiro atoms. The summed E-state index contributed by atoms with van der Waals surface area (Å²) in [5.74, 6) is 0.813. The molecule has 0 radical (unpaired) electrons. The van der Waals surface area contributed by atoms with E-state index in [9.17, 15) is 9.59 Å². The summed E-state index contributed by atoms with van der Waals surface area (Å²) in [4.78, 5) is 33.2. The second-order valence-corrected chi connectivity index (χ2v) is 7.59. The van der Waals surface area contributed by atoms with Crippen LogP contribution in [0.3, 0.4) is 0 Å². The third-order valence-electron chi connectivity index (χ3n) is 4.96. The molecule has 0 saturated heterocycles. The van der Waals surface area contributed by atoms with Crippen molar-refractivity contribution in [3.05, 3.63) is 61.5 Å². The van der Waals surface area contributed by atoms with Crippen LogP contribution in [0.1, 0.15) is 38.1 Å². The average molecular weight is 405 g/mol. The van der Waals surface area contributed by atoms with Crippen molar-refractivity contribution in [3.63, 3.8) is 0 Å². The maximum Gasteiger partial charge on any atom is 0.329 e. The van der Waals surface area contributed by atoms with Crippen molar-refractivity contribution in [1.29, 1.82) is 0 Å². The minimum Gasteiger partial charge on any atom is -0.329 e. The van der Waals surface area contributed by atoms with Crippen LogP contribution >= 0.6 is 11.6 Å². The molecule has 3 rings (SSSR count). The molecule has 150 valence electrons. The number of benzene rings is 1. The zero-order chi connectivity index (χ0) is 20.3. The van der Waals surface area contributed by atoms with Gasteiger partial charge < -0.3 is 9.47 Å². The quantitative estimate of drug-likeness (QED) is 0.594. The molecule has 7 nitrogen and oxygen atoms in total. The highest BCUT2D eigenvalue weighted by molar-refractivity contribution is 6.30. The first-order valence-electron chi connectivity index (χ1n) is 9.71. The SMILES string of the molecule is CCC[NH+](CCC)Cc1nc2c(c(=O)[nH]c(=O)n2C)n1Cc1ccc(Cl)cc1. The standard InChI is InChI=1S/C20H26ClN5O2/c1-4-10-25(11-5-2)13-16-22-18-17(19(27)23-20(28)24(18)3)26(16)12-14-6-8-15(21)9-7-14/h6-9H,4-5,10-13H2,1-3H3,(H,23,27,28)/p+1. The maximum absolute atomic E-state index is 12.6. The van der Waals surface area contributed by atoms with Gasteiger partial charge in [-0.3, -0.25) is 14.3 Å². The van der Waals surface area contributed by atoms with E-state index in [-0.39, 0.29) is 0 Å². The Balaban J connectivity index is 2.13. The highest BCUT2D eigenvalue weighted by Crippen LogP contribution is 2.15. The smallest absolute Gasteiger partial charge is 0.329 e. The second-order valence-electron chi connectivity index (χ2n) is 7.16. The van der Waals surface area contributed by atoms with Gasteiger partial charge >= 0.3 is 5.69 Å². The van der Waals surface area contributed by atoms with Crippen LogP contribution in [-0.2, 0) is 20.1 Å². The summed E-state index contributed by atoms with van der Waals surface area (Å²) in [5, 5.41) is 0.668. The summed E-state index contributed by atoms with van der Waals surface area (Å²) in [5.41, 5.74) is 1.01. The lowest BCUT2D eigenvalue weighted by Crippen LogP contribution is -3.10. The van der Waals surface area contributed by atoms with E-state index in [0.29, 0.717) is 29.3 Å². The van der Waals surface area contributed by atoms with Crippen LogP contribution in [0.4, 0.5) is 0 Å². The van der Waals surface area contributed by atoms with Crippen LogP contribution in [0.5, 0.6) is 0 Å². The normalized spacial score (nSPS) is 11.6. The van der Waals surface area contributed by atoms with Crippen LogP contribution in [-0.4, -0.2) is 32.2 Å². The fraction of sp³-hybridized carbons (Fsp3) is 0.450. The number of nitrogens with one attached hydrogen (secondary N) is 2. The Labute approximate surface area is 168 Å². The van der Waals surface area contributed by atoms with Crippen molar-refractivity contribution < 1.29 is 4.90 Å². The van der Waals surface area contributed by atoms with Crippen LogP contribution in [0.25, 0.3) is 11.2 Å². The van der Waals surface area contributed by atoms with E-state index in [4.69, 9.17) is 16.6 Å². The number of fused-ring (bicyclic) bond motifs is 1. The number of hydrogen-bond donors (Lipinski definition) is 2. The number of aromatic nitrogens is 4. The zero-order valence-electron chi connectivity index (χ0n) is 16.6. The Bertz CT molecular complexity index is 1060. The summed E-state index contributed by atoms with van der Waals surface area (Å²) in [6, 6.07) is 7.55. The summed E-state index contributed by atoms with van der Waals surface area (Å²) >= 11 is 6.01. The fourth-order valence-electron chi connectivity index (χ4n) is 3.59. The molecule has 0 aliphatic carbocycles. The number of imidazole rings is 1. The summed E-state index contributed by atoms with van der Waals surface area (Å²) in [6.07, 6.45) is 2.15. The lowest BCUT2D eigenvalue weighted by Gasteiger charge is -2.18. The third kappa shape index (κ3) is 4.20. The minimum atomic E-state index is -0.452. The van der Waals surface area contributed by atoms with Crippen molar-refractivity contribution in [2.75, 3.05) is 13.1 Å². The molecule has 2 heterocycles. The molecular formula is C20H27ClN5O2+. The first kappa shape index (κ1) is 20.4. The highest BCUT2D eigenvalue weighted by atomic mass is 35.5. The summed E-state index contributed by atoms with van der Waals surface area (Å²) in [7, 11) is 1.63. The van der Waals surface area contributed by atoms with Crippen LogP contribution in [0.15, 0.2) is 33.9 Å². The number of nitrogens with zero attached hydrogens (tertiary/aromatic N) is 3. The van der Waals surface area contributed by atoms with Gasteiger partial charge in [-0.05, 0) is 30.5 Å². The van der Waals surface area contributed by atoms with Crippen LogP contribution in [0, 0.1) is 0 Å². The van der Waals surface area contributed by atoms with Crippen molar-refractivity contribution in [2.45, 2.75) is 39.8 Å². The van der Waals surface area contributed by atoms with Crippen molar-refractivity contribution >= 4 is 22.8 Å². The molecule has 0 bridgehead atoms. The molecule has 0 aliphatic rings. The monoisotopic (exact) mass is 404 g/mol. The van der Waals surface area contributed by atoms with Gasteiger partial charge in [0.05, 0.1) is 13.1 Å². The van der Waals surface area contributed by atoms with Gasteiger partial charge in [-0.2, -0.15) is 0 Å². The molecule has 0 saturated carbocycles. The minimum absolute atomic E-state index is 0.404. The lowest BCUT2D eigenvalue weighted by molar-refractivity contribution is -0.914. The number of rotatable bonds is 8. The van der Waals surface area contributed by atoms with E-state index >= 15 is 0 Å². The molecule has 0 unspecified atom stereocenters. The van der Waals surface area contributed by atoms with E-state index in [1.54, 1.807) is 7.05 Å². The number of quaternary nitrogens is 1. The molecule has 28 heavy (non-hydrogen) atoms. The number of hydrogen-bond acceptors (Lipinski definition) is 3. The van der Waals surface area contributed by atoms with E-state index in [1.165, 1.54) is 9.47 Å². The first-order valence-corrected chi connectivity index (χ1v) is 10.1. The third-order valence-corrected chi connectivity index (χ3v) is 5.21. The van der Waals surface area contributed by atoms with Gasteiger partial charge in [0.2, 0.25) is 0 Å². The highest BCUT2D eigenvalue weighted by Gasteiger charge is 2.20. The Morgan fingerprint density at radius 2 is 1.75 bits per heavy atom.